The summed E-state index contributed by atoms with van der Waals surface area (Å²) in [5, 5.41) is 0. The average molecular weight is 428 g/mol. The number of ether oxygens (including phenoxy) is 3. The first-order valence-corrected chi connectivity index (χ1v) is 10.8. The van der Waals surface area contributed by atoms with E-state index in [9.17, 15) is 8.42 Å². The van der Waals surface area contributed by atoms with E-state index in [1.54, 1.807) is 50.4 Å². The molecule has 0 radical (unpaired) electrons. The smallest absolute Gasteiger partial charge is 0.264 e. The van der Waals surface area contributed by atoms with Crippen molar-refractivity contribution in [2.75, 3.05) is 25.6 Å². The molecule has 3 aromatic carbocycles. The highest BCUT2D eigenvalue weighted by Crippen LogP contribution is 2.35. The number of benzene rings is 3. The van der Waals surface area contributed by atoms with Crippen molar-refractivity contribution in [1.82, 2.24) is 0 Å². The van der Waals surface area contributed by atoms with Crippen molar-refractivity contribution in [3.63, 3.8) is 0 Å². The van der Waals surface area contributed by atoms with Crippen LogP contribution in [-0.2, 0) is 16.6 Å². The Bertz CT molecular complexity index is 1130. The molecule has 0 aliphatic carbocycles. The molecule has 3 rings (SSSR count). The van der Waals surface area contributed by atoms with Crippen LogP contribution in [0.25, 0.3) is 0 Å². The summed E-state index contributed by atoms with van der Waals surface area (Å²) < 4.78 is 44.7. The lowest BCUT2D eigenvalue weighted by Crippen LogP contribution is -2.31. The summed E-state index contributed by atoms with van der Waals surface area (Å²) in [4.78, 5) is 0.252. The summed E-state index contributed by atoms with van der Waals surface area (Å²) in [6, 6.07) is 19.3. The second-order valence-corrected chi connectivity index (χ2v) is 8.50. The van der Waals surface area contributed by atoms with E-state index in [0.717, 1.165) is 5.56 Å². The summed E-state index contributed by atoms with van der Waals surface area (Å²) in [5.41, 5.74) is 1.94. The van der Waals surface area contributed by atoms with Gasteiger partial charge < -0.3 is 14.2 Å². The molecule has 0 N–H and O–H groups in total. The van der Waals surface area contributed by atoms with Gasteiger partial charge in [-0.15, -0.1) is 0 Å². The number of hydrogen-bond acceptors (Lipinski definition) is 5. The molecule has 0 aliphatic heterocycles. The van der Waals surface area contributed by atoms with Crippen molar-refractivity contribution in [2.24, 2.45) is 0 Å². The highest BCUT2D eigenvalue weighted by atomic mass is 32.2. The third kappa shape index (κ3) is 4.36. The summed E-state index contributed by atoms with van der Waals surface area (Å²) in [7, 11) is 0.783. The van der Waals surface area contributed by atoms with Gasteiger partial charge in [-0.05, 0) is 48.4 Å². The molecule has 0 atom stereocenters. The number of nitrogens with zero attached hydrogens (tertiary/aromatic N) is 1. The molecule has 0 aromatic heterocycles. The van der Waals surface area contributed by atoms with Gasteiger partial charge in [-0.1, -0.05) is 30.3 Å². The van der Waals surface area contributed by atoms with Gasteiger partial charge in [0, 0.05) is 6.07 Å². The SMILES string of the molecule is COc1cccc(CN(c2ccc(OC)c(OC)c2)S(=O)(=O)c2ccccc2C)c1. The molecule has 0 spiro atoms. The number of rotatable bonds is 8. The van der Waals surface area contributed by atoms with Crippen LogP contribution >= 0.6 is 0 Å². The molecule has 0 saturated heterocycles. The van der Waals surface area contributed by atoms with E-state index in [1.807, 2.05) is 30.3 Å². The van der Waals surface area contributed by atoms with Crippen LogP contribution in [0.1, 0.15) is 11.1 Å². The molecule has 0 heterocycles. The molecule has 7 heteroatoms. The molecule has 0 aliphatic rings. The van der Waals surface area contributed by atoms with Gasteiger partial charge in [-0.25, -0.2) is 8.42 Å². The van der Waals surface area contributed by atoms with E-state index >= 15 is 0 Å². The first-order chi connectivity index (χ1) is 14.4. The van der Waals surface area contributed by atoms with Crippen LogP contribution in [0.15, 0.2) is 71.6 Å². The third-order valence-electron chi connectivity index (χ3n) is 4.78. The first-order valence-electron chi connectivity index (χ1n) is 9.34. The highest BCUT2D eigenvalue weighted by Gasteiger charge is 2.27. The molecule has 0 amide bonds. The Morgan fingerprint density at radius 3 is 2.20 bits per heavy atom. The maximum Gasteiger partial charge on any atom is 0.264 e. The molecular weight excluding hydrogens is 402 g/mol. The third-order valence-corrected chi connectivity index (χ3v) is 6.71. The second kappa shape index (κ2) is 9.09. The van der Waals surface area contributed by atoms with Crippen LogP contribution in [0, 0.1) is 6.92 Å². The predicted octanol–water partition coefficient (Wildman–Crippen LogP) is 4.42. The second-order valence-electron chi connectivity index (χ2n) is 6.67. The van der Waals surface area contributed by atoms with Crippen molar-refractivity contribution in [3.8, 4) is 17.2 Å². The maximum atomic E-state index is 13.7. The van der Waals surface area contributed by atoms with Gasteiger partial charge in [-0.3, -0.25) is 4.31 Å². The van der Waals surface area contributed by atoms with Crippen molar-refractivity contribution in [2.45, 2.75) is 18.4 Å². The standard InChI is InChI=1S/C23H25NO5S/c1-17-8-5-6-11-23(17)30(25,26)24(16-18-9-7-10-20(14-18)27-2)19-12-13-21(28-3)22(15-19)29-4/h5-15H,16H2,1-4H3. The Labute approximate surface area is 177 Å². The van der Waals surface area contributed by atoms with E-state index < -0.39 is 10.0 Å². The van der Waals surface area contributed by atoms with Gasteiger partial charge in [-0.2, -0.15) is 0 Å². The Kier molecular flexibility index (Phi) is 6.52. The van der Waals surface area contributed by atoms with Gasteiger partial charge in [0.2, 0.25) is 0 Å². The fourth-order valence-electron chi connectivity index (χ4n) is 3.20. The molecule has 0 saturated carbocycles. The molecule has 0 unspecified atom stereocenters. The van der Waals surface area contributed by atoms with Crippen LogP contribution < -0.4 is 18.5 Å². The lowest BCUT2D eigenvalue weighted by molar-refractivity contribution is 0.355. The minimum Gasteiger partial charge on any atom is -0.497 e. The summed E-state index contributed by atoms with van der Waals surface area (Å²) in [5.74, 6) is 1.63. The van der Waals surface area contributed by atoms with Crippen molar-refractivity contribution < 1.29 is 22.6 Å². The highest BCUT2D eigenvalue weighted by molar-refractivity contribution is 7.92. The van der Waals surface area contributed by atoms with Crippen LogP contribution in [0.5, 0.6) is 17.2 Å². The average Bonchev–Trinajstić information content (AvgIpc) is 2.77. The lowest BCUT2D eigenvalue weighted by atomic mass is 10.2. The number of aryl methyl sites for hydroxylation is 1. The largest absolute Gasteiger partial charge is 0.497 e. The van der Waals surface area contributed by atoms with Crippen molar-refractivity contribution in [3.05, 3.63) is 77.9 Å². The minimum atomic E-state index is -3.85. The molecule has 0 fully saturated rings. The zero-order valence-electron chi connectivity index (χ0n) is 17.5. The predicted molar refractivity (Wildman–Crippen MR) is 117 cm³/mol. The number of methoxy groups -OCH3 is 3. The Morgan fingerprint density at radius 2 is 1.53 bits per heavy atom. The molecule has 158 valence electrons. The maximum absolute atomic E-state index is 13.7. The molecule has 30 heavy (non-hydrogen) atoms. The Morgan fingerprint density at radius 1 is 0.800 bits per heavy atom. The van der Waals surface area contributed by atoms with E-state index in [0.29, 0.717) is 28.5 Å². The lowest BCUT2D eigenvalue weighted by Gasteiger charge is -2.26. The van der Waals surface area contributed by atoms with E-state index in [2.05, 4.69) is 0 Å². The first kappa shape index (κ1) is 21.5. The number of anilines is 1. The molecule has 6 nitrogen and oxygen atoms in total. The Hall–Kier alpha value is -3.19. The van der Waals surface area contributed by atoms with Crippen LogP contribution in [-0.4, -0.2) is 29.7 Å². The van der Waals surface area contributed by atoms with Gasteiger partial charge in [0.25, 0.3) is 10.0 Å². The molecular formula is C23H25NO5S. The van der Waals surface area contributed by atoms with E-state index in [-0.39, 0.29) is 11.4 Å². The number of hydrogen-bond donors (Lipinski definition) is 0. The quantitative estimate of drug-likeness (QED) is 0.533. The fraction of sp³-hybridized carbons (Fsp3) is 0.217. The van der Waals surface area contributed by atoms with Gasteiger partial charge in [0.15, 0.2) is 11.5 Å². The molecule has 3 aromatic rings. The monoisotopic (exact) mass is 427 g/mol. The van der Waals surface area contributed by atoms with E-state index in [4.69, 9.17) is 14.2 Å². The summed E-state index contributed by atoms with van der Waals surface area (Å²) >= 11 is 0. The van der Waals surface area contributed by atoms with Gasteiger partial charge >= 0.3 is 0 Å². The summed E-state index contributed by atoms with van der Waals surface area (Å²) in [6.07, 6.45) is 0. The normalized spacial score (nSPS) is 11.1. The van der Waals surface area contributed by atoms with Crippen LogP contribution in [0.3, 0.4) is 0 Å². The van der Waals surface area contributed by atoms with Gasteiger partial charge in [0.1, 0.15) is 5.75 Å². The zero-order valence-corrected chi connectivity index (χ0v) is 18.3. The zero-order chi connectivity index (χ0) is 21.7. The van der Waals surface area contributed by atoms with E-state index in [1.165, 1.54) is 18.5 Å². The minimum absolute atomic E-state index is 0.128. The van der Waals surface area contributed by atoms with Crippen LogP contribution in [0.2, 0.25) is 0 Å². The topological polar surface area (TPSA) is 65.1 Å². The summed E-state index contributed by atoms with van der Waals surface area (Å²) in [6.45, 7) is 1.91. The Balaban J connectivity index is 2.15. The van der Waals surface area contributed by atoms with Gasteiger partial charge in [0.05, 0.1) is 38.5 Å². The van der Waals surface area contributed by atoms with Crippen molar-refractivity contribution in [1.29, 1.82) is 0 Å². The number of sulfonamides is 1. The van der Waals surface area contributed by atoms with Crippen LogP contribution in [0.4, 0.5) is 5.69 Å². The fourth-order valence-corrected chi connectivity index (χ4v) is 4.87. The molecule has 0 bridgehead atoms. The van der Waals surface area contributed by atoms with Crippen molar-refractivity contribution >= 4 is 15.7 Å².